The Morgan fingerprint density at radius 2 is 1.92 bits per heavy atom. The predicted octanol–water partition coefficient (Wildman–Crippen LogP) is 3.82. The van der Waals surface area contributed by atoms with Gasteiger partial charge in [-0.25, -0.2) is 23.1 Å². The Kier molecular flexibility index (Phi) is 6.31. The zero-order chi connectivity index (χ0) is 25.6. The number of anilines is 4. The van der Waals surface area contributed by atoms with Gasteiger partial charge >= 0.3 is 0 Å². The molecular formula is C24H29F3N8O. The Hall–Kier alpha value is -3.28. The Bertz CT molecular complexity index is 1260. The maximum atomic E-state index is 14.7. The van der Waals surface area contributed by atoms with Crippen molar-refractivity contribution in [1.82, 2.24) is 25.1 Å². The minimum atomic E-state index is -2.46. The molecule has 5 heterocycles. The van der Waals surface area contributed by atoms with Crippen LogP contribution in [0.2, 0.25) is 0 Å². The average Bonchev–Trinajstić information content (AvgIpc) is 2.79. The van der Waals surface area contributed by atoms with Crippen molar-refractivity contribution in [1.29, 1.82) is 0 Å². The van der Waals surface area contributed by atoms with Gasteiger partial charge in [0.1, 0.15) is 11.6 Å². The molecule has 2 aliphatic rings. The van der Waals surface area contributed by atoms with Crippen LogP contribution in [0.3, 0.4) is 0 Å². The molecule has 192 valence electrons. The summed E-state index contributed by atoms with van der Waals surface area (Å²) < 4.78 is 41.4. The SMILES string of the molecule is CC(C)c1nnc(N2CC[C@@H]2C(F)F)c2cnc(Nc3ccnc(N4CC[C@@H](O)[C@@](C)(F)C4)n3)cc12. The van der Waals surface area contributed by atoms with E-state index in [1.807, 2.05) is 19.9 Å². The number of aliphatic hydroxyl groups excluding tert-OH is 1. The summed E-state index contributed by atoms with van der Waals surface area (Å²) in [5.74, 6) is 1.78. The standard InChI is InChI=1S/C24H29F3N8O/c1-13(2)20-14-10-19(29-11-15(14)22(33-32-20)35-9-5-16(35)21(25)26)30-18-4-7-28-23(31-18)34-8-6-17(36)24(3,27)12-34/h4,7,10-11,13,16-17,21,36H,5-6,8-9,12H2,1-3H3,(H,28,29,30,31)/t16-,17-,24+/m1/s1. The highest BCUT2D eigenvalue weighted by atomic mass is 19.3. The quantitative estimate of drug-likeness (QED) is 0.521. The number of hydrogen-bond acceptors (Lipinski definition) is 9. The van der Waals surface area contributed by atoms with Crippen molar-refractivity contribution in [3.63, 3.8) is 0 Å². The van der Waals surface area contributed by atoms with Gasteiger partial charge in [0.2, 0.25) is 5.95 Å². The summed E-state index contributed by atoms with van der Waals surface area (Å²) in [5.41, 5.74) is -1.01. The van der Waals surface area contributed by atoms with Crippen LogP contribution in [0.15, 0.2) is 24.5 Å². The molecule has 2 aliphatic heterocycles. The lowest BCUT2D eigenvalue weighted by molar-refractivity contribution is -0.00860. The van der Waals surface area contributed by atoms with Gasteiger partial charge in [-0.15, -0.1) is 5.10 Å². The molecule has 0 unspecified atom stereocenters. The molecule has 0 radical (unpaired) electrons. The van der Waals surface area contributed by atoms with Gasteiger partial charge in [0.25, 0.3) is 6.43 Å². The van der Waals surface area contributed by atoms with Crippen LogP contribution >= 0.6 is 0 Å². The van der Waals surface area contributed by atoms with Crippen molar-refractivity contribution in [3.8, 4) is 0 Å². The summed E-state index contributed by atoms with van der Waals surface area (Å²) in [6, 6.07) is 2.62. The number of piperidine rings is 1. The molecule has 3 aromatic rings. The molecule has 3 atom stereocenters. The maximum Gasteiger partial charge on any atom is 0.258 e. The fraction of sp³-hybridized carbons (Fsp3) is 0.542. The maximum absolute atomic E-state index is 14.7. The molecule has 0 aromatic carbocycles. The Morgan fingerprint density at radius 1 is 1.11 bits per heavy atom. The Balaban J connectivity index is 1.44. The summed E-state index contributed by atoms with van der Waals surface area (Å²) in [7, 11) is 0. The van der Waals surface area contributed by atoms with Crippen LogP contribution in [-0.4, -0.2) is 74.1 Å². The summed E-state index contributed by atoms with van der Waals surface area (Å²) in [5, 5.41) is 23.2. The highest BCUT2D eigenvalue weighted by Gasteiger charge is 2.40. The third-order valence-corrected chi connectivity index (χ3v) is 6.90. The zero-order valence-electron chi connectivity index (χ0n) is 20.4. The van der Waals surface area contributed by atoms with E-state index in [1.54, 1.807) is 28.3 Å². The van der Waals surface area contributed by atoms with Gasteiger partial charge in [-0.1, -0.05) is 13.8 Å². The first-order valence-corrected chi connectivity index (χ1v) is 12.1. The molecule has 0 aliphatic carbocycles. The van der Waals surface area contributed by atoms with E-state index >= 15 is 0 Å². The number of rotatable bonds is 6. The van der Waals surface area contributed by atoms with Crippen molar-refractivity contribution in [2.24, 2.45) is 0 Å². The highest BCUT2D eigenvalue weighted by Crippen LogP contribution is 2.36. The van der Waals surface area contributed by atoms with Gasteiger partial charge in [-0.2, -0.15) is 10.1 Å². The molecule has 2 N–H and O–H groups in total. The molecule has 0 saturated carbocycles. The molecule has 0 amide bonds. The number of hydrogen-bond donors (Lipinski definition) is 2. The molecule has 9 nitrogen and oxygen atoms in total. The first-order valence-electron chi connectivity index (χ1n) is 12.1. The largest absolute Gasteiger partial charge is 0.390 e. The van der Waals surface area contributed by atoms with Crippen molar-refractivity contribution in [2.75, 3.05) is 34.8 Å². The summed E-state index contributed by atoms with van der Waals surface area (Å²) in [6.45, 7) is 6.28. The first-order chi connectivity index (χ1) is 17.1. The van der Waals surface area contributed by atoms with E-state index in [2.05, 4.69) is 30.5 Å². The van der Waals surface area contributed by atoms with Crippen molar-refractivity contribution < 1.29 is 18.3 Å². The van der Waals surface area contributed by atoms with E-state index in [0.29, 0.717) is 48.3 Å². The summed E-state index contributed by atoms with van der Waals surface area (Å²) >= 11 is 0. The molecule has 2 saturated heterocycles. The van der Waals surface area contributed by atoms with Crippen LogP contribution in [0.25, 0.3) is 10.8 Å². The third-order valence-electron chi connectivity index (χ3n) is 6.90. The number of pyridine rings is 1. The molecule has 12 heteroatoms. The molecular weight excluding hydrogens is 473 g/mol. The van der Waals surface area contributed by atoms with Crippen molar-refractivity contribution in [3.05, 3.63) is 30.2 Å². The second kappa shape index (κ2) is 9.30. The van der Waals surface area contributed by atoms with Crippen LogP contribution in [-0.2, 0) is 0 Å². The van der Waals surface area contributed by atoms with Gasteiger partial charge in [-0.05, 0) is 37.8 Å². The van der Waals surface area contributed by atoms with Gasteiger partial charge in [-0.3, -0.25) is 0 Å². The van der Waals surface area contributed by atoms with Crippen LogP contribution in [0.5, 0.6) is 0 Å². The van der Waals surface area contributed by atoms with E-state index in [0.717, 1.165) is 11.1 Å². The van der Waals surface area contributed by atoms with Crippen molar-refractivity contribution in [2.45, 2.75) is 63.8 Å². The second-order valence-corrected chi connectivity index (χ2v) is 9.93. The number of halogens is 3. The molecule has 36 heavy (non-hydrogen) atoms. The molecule has 3 aromatic heterocycles. The number of aliphatic hydroxyl groups is 1. The Morgan fingerprint density at radius 3 is 2.58 bits per heavy atom. The average molecular weight is 503 g/mol. The lowest BCUT2D eigenvalue weighted by atomic mass is 9.94. The minimum absolute atomic E-state index is 0.0127. The molecule has 0 spiro atoms. The molecule has 5 rings (SSSR count). The number of aromatic nitrogens is 5. The van der Waals surface area contributed by atoms with E-state index in [-0.39, 0.29) is 18.9 Å². The topological polar surface area (TPSA) is 103 Å². The lowest BCUT2D eigenvalue weighted by Gasteiger charge is -2.41. The second-order valence-electron chi connectivity index (χ2n) is 9.93. The normalized spacial score (nSPS) is 24.5. The number of alkyl halides is 3. The number of nitrogens with one attached hydrogen (secondary N) is 1. The highest BCUT2D eigenvalue weighted by molar-refractivity contribution is 5.95. The van der Waals surface area contributed by atoms with Crippen molar-refractivity contribution >= 4 is 34.2 Å². The summed E-state index contributed by atoms with van der Waals surface area (Å²) in [6.07, 6.45) is 0.408. The molecule has 0 bridgehead atoms. The van der Waals surface area contributed by atoms with Crippen LogP contribution in [0, 0.1) is 0 Å². The van der Waals surface area contributed by atoms with Crippen LogP contribution in [0.4, 0.5) is 36.6 Å². The van der Waals surface area contributed by atoms with E-state index in [9.17, 15) is 18.3 Å². The minimum Gasteiger partial charge on any atom is -0.390 e. The fourth-order valence-electron chi connectivity index (χ4n) is 4.70. The zero-order valence-corrected chi connectivity index (χ0v) is 20.4. The van der Waals surface area contributed by atoms with Gasteiger partial charge in [0.15, 0.2) is 11.5 Å². The number of nitrogens with zero attached hydrogens (tertiary/aromatic N) is 7. The van der Waals surface area contributed by atoms with Gasteiger partial charge in [0, 0.05) is 36.3 Å². The third kappa shape index (κ3) is 4.49. The Labute approximate surface area is 206 Å². The number of fused-ring (bicyclic) bond motifs is 1. The van der Waals surface area contributed by atoms with Gasteiger partial charge in [0.05, 0.1) is 24.4 Å². The predicted molar refractivity (Wildman–Crippen MR) is 131 cm³/mol. The van der Waals surface area contributed by atoms with Gasteiger partial charge < -0.3 is 20.2 Å². The molecule has 2 fully saturated rings. The van der Waals surface area contributed by atoms with Crippen LogP contribution < -0.4 is 15.1 Å². The summed E-state index contributed by atoms with van der Waals surface area (Å²) in [4.78, 5) is 16.6. The van der Waals surface area contributed by atoms with E-state index in [4.69, 9.17) is 0 Å². The lowest BCUT2D eigenvalue weighted by Crippen LogP contribution is -2.52. The first kappa shape index (κ1) is 24.4. The monoisotopic (exact) mass is 502 g/mol. The van der Waals surface area contributed by atoms with E-state index < -0.39 is 24.2 Å². The van der Waals surface area contributed by atoms with Crippen LogP contribution in [0.1, 0.15) is 45.2 Å². The fourth-order valence-corrected chi connectivity index (χ4v) is 4.70. The smallest absolute Gasteiger partial charge is 0.258 e. The van der Waals surface area contributed by atoms with E-state index in [1.165, 1.54) is 6.92 Å².